The number of ether oxygens (including phenoxy) is 2. The largest absolute Gasteiger partial charge is 0.478 e. The van der Waals surface area contributed by atoms with Crippen LogP contribution < -0.4 is 15.2 Å². The molecule has 12 heteroatoms. The van der Waals surface area contributed by atoms with E-state index in [0.717, 1.165) is 30.1 Å². The van der Waals surface area contributed by atoms with Crippen LogP contribution in [0, 0.1) is 12.3 Å². The van der Waals surface area contributed by atoms with Crippen molar-refractivity contribution < 1.29 is 19.4 Å². The molecule has 12 nitrogen and oxygen atoms in total. The van der Waals surface area contributed by atoms with E-state index in [2.05, 4.69) is 14.9 Å². The van der Waals surface area contributed by atoms with Crippen molar-refractivity contribution in [3.63, 3.8) is 0 Å². The van der Waals surface area contributed by atoms with E-state index in [4.69, 9.17) is 30.6 Å². The van der Waals surface area contributed by atoms with Crippen LogP contribution in [0.15, 0.2) is 77.8 Å². The molecule has 0 fully saturated rings. The molecule has 5 aromatic rings. The molecule has 0 bridgehead atoms. The first-order chi connectivity index (χ1) is 20.8. The maximum atomic E-state index is 11.9. The number of rotatable bonds is 9. The van der Waals surface area contributed by atoms with Crippen LogP contribution in [0.3, 0.4) is 0 Å². The van der Waals surface area contributed by atoms with E-state index in [9.17, 15) is 9.90 Å². The number of aromatic carboxylic acids is 1. The molecule has 1 aliphatic rings. The molecule has 216 valence electrons. The molecule has 2 aromatic heterocycles. The Balaban J connectivity index is 1.43. The average molecular weight is 577 g/mol. The second kappa shape index (κ2) is 11.2. The van der Waals surface area contributed by atoms with Gasteiger partial charge in [-0.3, -0.25) is 10.4 Å². The number of nitrogens with two attached hydrogens (primary N) is 1. The highest BCUT2D eigenvalue weighted by molar-refractivity contribution is 6.05. The predicted octanol–water partition coefficient (Wildman–Crippen LogP) is 4.44. The molecule has 0 aliphatic carbocycles. The number of benzene rings is 3. The molecule has 3 heterocycles. The fourth-order valence-electron chi connectivity index (χ4n) is 4.90. The van der Waals surface area contributed by atoms with Gasteiger partial charge in [0.1, 0.15) is 29.0 Å². The molecule has 0 atom stereocenters. The van der Waals surface area contributed by atoms with Gasteiger partial charge in [-0.05, 0) is 42.8 Å². The molecule has 6 rings (SSSR count). The fourth-order valence-corrected chi connectivity index (χ4v) is 4.90. The Hall–Kier alpha value is -5.78. The number of fused-ring (bicyclic) bond motifs is 1. The molecule has 4 N–H and O–H groups in total. The van der Waals surface area contributed by atoms with Crippen molar-refractivity contribution in [1.29, 1.82) is 5.41 Å². The second-order valence-corrected chi connectivity index (χ2v) is 10.00. The summed E-state index contributed by atoms with van der Waals surface area (Å²) >= 11 is 0. The topological polar surface area (TPSA) is 165 Å². The minimum atomic E-state index is -1.24. The number of likely N-dealkylation sites (N-methyl/N-ethyl adjacent to an activating group) is 1. The lowest BCUT2D eigenvalue weighted by Gasteiger charge is -2.14. The molecular formula is C31H28N8O4. The summed E-state index contributed by atoms with van der Waals surface area (Å²) in [6, 6.07) is 21.7. The van der Waals surface area contributed by atoms with Crippen LogP contribution in [0.25, 0.3) is 11.2 Å². The Morgan fingerprint density at radius 3 is 2.49 bits per heavy atom. The molecule has 0 amide bonds. The minimum Gasteiger partial charge on any atom is -0.478 e. The molecule has 0 saturated carbocycles. The van der Waals surface area contributed by atoms with Crippen molar-refractivity contribution in [2.45, 2.75) is 13.5 Å². The summed E-state index contributed by atoms with van der Waals surface area (Å²) < 4.78 is 14.2. The second-order valence-electron chi connectivity index (χ2n) is 10.00. The van der Waals surface area contributed by atoms with Gasteiger partial charge in [0.2, 0.25) is 0 Å². The number of imidazole rings is 1. The Bertz CT molecular complexity index is 1900. The fraction of sp³-hybridized carbons (Fsp3) is 0.161. The van der Waals surface area contributed by atoms with Crippen LogP contribution in [0.1, 0.15) is 32.9 Å². The van der Waals surface area contributed by atoms with Gasteiger partial charge in [-0.1, -0.05) is 42.5 Å². The van der Waals surface area contributed by atoms with Crippen LogP contribution >= 0.6 is 0 Å². The highest BCUT2D eigenvalue weighted by atomic mass is 16.5. The first-order valence-corrected chi connectivity index (χ1v) is 13.5. The lowest BCUT2D eigenvalue weighted by molar-refractivity contribution is 0.0696. The molecular weight excluding hydrogens is 548 g/mol. The van der Waals surface area contributed by atoms with E-state index in [-0.39, 0.29) is 34.6 Å². The number of hydrogen-bond acceptors (Lipinski definition) is 9. The van der Waals surface area contributed by atoms with Gasteiger partial charge in [0, 0.05) is 24.7 Å². The molecule has 3 aromatic carbocycles. The molecule has 0 spiro atoms. The third-order valence-electron chi connectivity index (χ3n) is 7.00. The predicted molar refractivity (Wildman–Crippen MR) is 161 cm³/mol. The summed E-state index contributed by atoms with van der Waals surface area (Å²) in [4.78, 5) is 32.5. The number of aryl methyl sites for hydroxylation is 1. The Morgan fingerprint density at radius 2 is 1.77 bits per heavy atom. The van der Waals surface area contributed by atoms with Gasteiger partial charge < -0.3 is 29.8 Å². The zero-order valence-corrected chi connectivity index (χ0v) is 23.5. The van der Waals surface area contributed by atoms with Crippen molar-refractivity contribution >= 4 is 28.8 Å². The SMILES string of the molecule is Cc1nc2c(Oc3ccc(C(=N)N)c(C(=O)O)c3)nc(Oc3cccc(C4=NCCN4C)c3)nc2n1Cc1ccccc1. The van der Waals surface area contributed by atoms with E-state index in [1.807, 2.05) is 67.1 Å². The van der Waals surface area contributed by atoms with E-state index < -0.39 is 5.97 Å². The van der Waals surface area contributed by atoms with Crippen LogP contribution in [-0.4, -0.2) is 67.3 Å². The summed E-state index contributed by atoms with van der Waals surface area (Å²) in [6.07, 6.45) is 0. The lowest BCUT2D eigenvalue weighted by Crippen LogP contribution is -2.23. The smallest absolute Gasteiger partial charge is 0.336 e. The Labute approximate surface area is 246 Å². The Kier molecular flexibility index (Phi) is 7.16. The van der Waals surface area contributed by atoms with Gasteiger partial charge >= 0.3 is 12.0 Å². The monoisotopic (exact) mass is 576 g/mol. The first kappa shape index (κ1) is 27.4. The normalized spacial score (nSPS) is 12.8. The molecule has 0 radical (unpaired) electrons. The quantitative estimate of drug-likeness (QED) is 0.170. The van der Waals surface area contributed by atoms with Gasteiger partial charge in [-0.2, -0.15) is 9.97 Å². The van der Waals surface area contributed by atoms with Crippen molar-refractivity contribution in [3.8, 4) is 23.4 Å². The number of carboxylic acid groups (broad SMARTS) is 1. The van der Waals surface area contributed by atoms with Crippen molar-refractivity contribution in [1.82, 2.24) is 24.4 Å². The first-order valence-electron chi connectivity index (χ1n) is 13.5. The van der Waals surface area contributed by atoms with E-state index in [0.29, 0.717) is 29.3 Å². The maximum absolute atomic E-state index is 11.9. The Morgan fingerprint density at radius 1 is 0.977 bits per heavy atom. The summed E-state index contributed by atoms with van der Waals surface area (Å²) in [5.41, 5.74) is 8.31. The lowest BCUT2D eigenvalue weighted by atomic mass is 10.1. The third-order valence-corrected chi connectivity index (χ3v) is 7.00. The van der Waals surface area contributed by atoms with Crippen LogP contribution in [0.2, 0.25) is 0 Å². The van der Waals surface area contributed by atoms with Gasteiger partial charge in [0.25, 0.3) is 5.88 Å². The number of nitrogen functional groups attached to an aromatic ring is 1. The zero-order valence-electron chi connectivity index (χ0n) is 23.5. The molecule has 0 unspecified atom stereocenters. The van der Waals surface area contributed by atoms with Gasteiger partial charge in [-0.25, -0.2) is 9.78 Å². The summed E-state index contributed by atoms with van der Waals surface area (Å²) in [5, 5.41) is 17.4. The summed E-state index contributed by atoms with van der Waals surface area (Å²) in [7, 11) is 2.00. The van der Waals surface area contributed by atoms with E-state index in [1.54, 1.807) is 6.07 Å². The van der Waals surface area contributed by atoms with E-state index >= 15 is 0 Å². The molecule has 0 saturated heterocycles. The molecule has 43 heavy (non-hydrogen) atoms. The van der Waals surface area contributed by atoms with Gasteiger partial charge in [-0.15, -0.1) is 0 Å². The number of hydrogen-bond donors (Lipinski definition) is 3. The van der Waals surface area contributed by atoms with E-state index in [1.165, 1.54) is 18.2 Å². The van der Waals surface area contributed by atoms with Crippen molar-refractivity contribution in [3.05, 3.63) is 101 Å². The molecule has 1 aliphatic heterocycles. The van der Waals surface area contributed by atoms with Crippen LogP contribution in [-0.2, 0) is 6.54 Å². The summed E-state index contributed by atoms with van der Waals surface area (Å²) in [6.45, 7) is 3.94. The summed E-state index contributed by atoms with van der Waals surface area (Å²) in [5.74, 6) is 0.717. The third kappa shape index (κ3) is 5.58. The zero-order chi connectivity index (χ0) is 30.1. The van der Waals surface area contributed by atoms with Crippen molar-refractivity contribution in [2.75, 3.05) is 20.1 Å². The van der Waals surface area contributed by atoms with Crippen LogP contribution in [0.4, 0.5) is 0 Å². The highest BCUT2D eigenvalue weighted by Gasteiger charge is 2.21. The number of carbonyl (C=O) groups is 1. The number of carboxylic acids is 1. The number of nitrogens with one attached hydrogen (secondary N) is 1. The maximum Gasteiger partial charge on any atom is 0.336 e. The number of amidine groups is 2. The van der Waals surface area contributed by atoms with Crippen LogP contribution in [0.5, 0.6) is 23.4 Å². The number of aliphatic imine (C=N–C) groups is 1. The van der Waals surface area contributed by atoms with Gasteiger partial charge in [0.15, 0.2) is 11.2 Å². The minimum absolute atomic E-state index is 0.0226. The average Bonchev–Trinajstić information content (AvgIpc) is 3.56. The van der Waals surface area contributed by atoms with Gasteiger partial charge in [0.05, 0.1) is 18.7 Å². The number of aromatic nitrogens is 4. The standard InChI is InChI=1S/C31H28N8O4/c1-18-35-25-28(39(18)17-19-7-4-3-5-8-19)36-31(43-21-10-6-9-20(15-21)27-34-13-14-38(27)2)37-29(25)42-22-11-12-23(26(32)33)24(16-22)30(40)41/h3-12,15-16H,13-14,17H2,1-2H3,(H3,32,33)(H,40,41). The van der Waals surface area contributed by atoms with Crippen molar-refractivity contribution in [2.24, 2.45) is 10.7 Å². The highest BCUT2D eigenvalue weighted by Crippen LogP contribution is 2.32. The number of nitrogens with zero attached hydrogens (tertiary/aromatic N) is 6.